The zero-order valence-electron chi connectivity index (χ0n) is 20.4. The van der Waals surface area contributed by atoms with E-state index in [1.165, 1.54) is 51.4 Å². The molecule has 0 aromatic heterocycles. The van der Waals surface area contributed by atoms with Crippen LogP contribution >= 0.6 is 0 Å². The molecule has 0 N–H and O–H groups in total. The third kappa shape index (κ3) is 6.61. The fraction of sp³-hybridized carbons (Fsp3) is 0.533. The average Bonchev–Trinajstić information content (AvgIpc) is 2.87. The van der Waals surface area contributed by atoms with Gasteiger partial charge in [-0.05, 0) is 67.2 Å². The standard InChI is InChI=1S/C30H38N2O/c1-3-5-7-8-20-33-26-16-14-25(15-17-26)28-19-18-27(29(21-31)30(28)22-32)24-12-10-23(11-13-24)9-6-4-2/h14-19,23-24H,3-13,20H2,1-2H3. The van der Waals surface area contributed by atoms with Crippen molar-refractivity contribution < 1.29 is 4.74 Å². The fourth-order valence-corrected chi connectivity index (χ4v) is 5.14. The highest BCUT2D eigenvalue weighted by molar-refractivity contribution is 5.75. The van der Waals surface area contributed by atoms with Gasteiger partial charge in [-0.15, -0.1) is 0 Å². The SMILES string of the molecule is CCCCCCOc1ccc(-c2ccc(C3CCC(CCCC)CC3)c(C#N)c2C#N)cc1. The number of unbranched alkanes of at least 4 members (excludes halogenated alkanes) is 4. The van der Waals surface area contributed by atoms with Gasteiger partial charge in [0.05, 0.1) is 17.7 Å². The van der Waals surface area contributed by atoms with E-state index in [0.29, 0.717) is 17.0 Å². The van der Waals surface area contributed by atoms with E-state index >= 15 is 0 Å². The van der Waals surface area contributed by atoms with Crippen molar-refractivity contribution in [1.82, 2.24) is 0 Å². The molecule has 2 aromatic rings. The number of hydrogen-bond donors (Lipinski definition) is 0. The highest BCUT2D eigenvalue weighted by atomic mass is 16.5. The van der Waals surface area contributed by atoms with Crippen LogP contribution in [0.25, 0.3) is 11.1 Å². The van der Waals surface area contributed by atoms with Gasteiger partial charge in [-0.3, -0.25) is 0 Å². The van der Waals surface area contributed by atoms with Gasteiger partial charge < -0.3 is 4.74 Å². The maximum atomic E-state index is 9.98. The summed E-state index contributed by atoms with van der Waals surface area (Å²) in [7, 11) is 0. The summed E-state index contributed by atoms with van der Waals surface area (Å²) in [4.78, 5) is 0. The highest BCUT2D eigenvalue weighted by Gasteiger charge is 2.26. The van der Waals surface area contributed by atoms with Crippen molar-refractivity contribution in [3.63, 3.8) is 0 Å². The van der Waals surface area contributed by atoms with E-state index in [0.717, 1.165) is 54.2 Å². The molecule has 174 valence electrons. The monoisotopic (exact) mass is 442 g/mol. The van der Waals surface area contributed by atoms with Crippen molar-refractivity contribution in [2.24, 2.45) is 5.92 Å². The Kier molecular flexibility index (Phi) is 9.83. The van der Waals surface area contributed by atoms with Crippen LogP contribution < -0.4 is 4.74 Å². The smallest absolute Gasteiger partial charge is 0.119 e. The Labute approximate surface area is 200 Å². The number of benzene rings is 2. The predicted octanol–water partition coefficient (Wildman–Crippen LogP) is 8.52. The minimum atomic E-state index is 0.391. The van der Waals surface area contributed by atoms with Gasteiger partial charge in [-0.1, -0.05) is 76.6 Å². The topological polar surface area (TPSA) is 56.8 Å². The van der Waals surface area contributed by atoms with Gasteiger partial charge in [0.2, 0.25) is 0 Å². The number of nitrogens with zero attached hydrogens (tertiary/aromatic N) is 2. The molecule has 2 aromatic carbocycles. The van der Waals surface area contributed by atoms with Crippen molar-refractivity contribution in [2.75, 3.05) is 6.61 Å². The van der Waals surface area contributed by atoms with E-state index in [1.54, 1.807) is 0 Å². The fourth-order valence-electron chi connectivity index (χ4n) is 5.14. The largest absolute Gasteiger partial charge is 0.494 e. The first-order valence-corrected chi connectivity index (χ1v) is 12.9. The van der Waals surface area contributed by atoms with Crippen LogP contribution in [-0.4, -0.2) is 6.61 Å². The van der Waals surface area contributed by atoms with Crippen LogP contribution in [0.2, 0.25) is 0 Å². The molecule has 0 bridgehead atoms. The van der Waals surface area contributed by atoms with Crippen molar-refractivity contribution >= 4 is 0 Å². The molecule has 0 saturated heterocycles. The molecule has 1 saturated carbocycles. The maximum absolute atomic E-state index is 9.98. The molecule has 3 nitrogen and oxygen atoms in total. The van der Waals surface area contributed by atoms with Gasteiger partial charge in [0.25, 0.3) is 0 Å². The number of rotatable bonds is 11. The molecule has 3 heteroatoms. The molecular weight excluding hydrogens is 404 g/mol. The summed E-state index contributed by atoms with van der Waals surface area (Å²) in [5, 5.41) is 20.0. The molecule has 0 heterocycles. The molecule has 0 aliphatic heterocycles. The Morgan fingerprint density at radius 1 is 0.788 bits per heavy atom. The van der Waals surface area contributed by atoms with Crippen LogP contribution in [0.5, 0.6) is 5.75 Å². The van der Waals surface area contributed by atoms with Crippen molar-refractivity contribution in [3.05, 3.63) is 53.1 Å². The summed E-state index contributed by atoms with van der Waals surface area (Å²) in [6, 6.07) is 16.8. The number of nitriles is 2. The summed E-state index contributed by atoms with van der Waals surface area (Å²) in [5.41, 5.74) is 3.94. The van der Waals surface area contributed by atoms with E-state index in [1.807, 2.05) is 30.3 Å². The van der Waals surface area contributed by atoms with E-state index < -0.39 is 0 Å². The third-order valence-corrected chi connectivity index (χ3v) is 7.15. The molecule has 1 aliphatic rings. The Morgan fingerprint density at radius 3 is 2.12 bits per heavy atom. The lowest BCUT2D eigenvalue weighted by Gasteiger charge is -2.29. The first kappa shape index (κ1) is 24.9. The van der Waals surface area contributed by atoms with E-state index in [-0.39, 0.29) is 0 Å². The Morgan fingerprint density at radius 2 is 1.48 bits per heavy atom. The van der Waals surface area contributed by atoms with Gasteiger partial charge in [-0.25, -0.2) is 0 Å². The second kappa shape index (κ2) is 13.1. The molecule has 0 atom stereocenters. The van der Waals surface area contributed by atoms with E-state index in [2.05, 4.69) is 32.1 Å². The number of hydrogen-bond acceptors (Lipinski definition) is 3. The second-order valence-electron chi connectivity index (χ2n) is 9.47. The summed E-state index contributed by atoms with van der Waals surface area (Å²) in [5.74, 6) is 2.07. The van der Waals surface area contributed by atoms with Crippen LogP contribution in [-0.2, 0) is 0 Å². The first-order chi connectivity index (χ1) is 16.2. The van der Waals surface area contributed by atoms with Gasteiger partial charge in [0.1, 0.15) is 17.9 Å². The average molecular weight is 443 g/mol. The first-order valence-electron chi connectivity index (χ1n) is 12.9. The summed E-state index contributed by atoms with van der Waals surface area (Å²) < 4.78 is 5.86. The van der Waals surface area contributed by atoms with E-state index in [9.17, 15) is 10.5 Å². The number of ether oxygens (including phenoxy) is 1. The summed E-state index contributed by atoms with van der Waals surface area (Å²) in [6.07, 6.45) is 13.4. The second-order valence-corrected chi connectivity index (χ2v) is 9.47. The lowest BCUT2D eigenvalue weighted by Crippen LogP contribution is -2.15. The van der Waals surface area contributed by atoms with Gasteiger partial charge in [0, 0.05) is 5.56 Å². The van der Waals surface area contributed by atoms with Gasteiger partial charge in [0.15, 0.2) is 0 Å². The zero-order valence-corrected chi connectivity index (χ0v) is 20.4. The molecule has 0 unspecified atom stereocenters. The van der Waals surface area contributed by atoms with Crippen LogP contribution in [0.15, 0.2) is 36.4 Å². The maximum Gasteiger partial charge on any atom is 0.119 e. The predicted molar refractivity (Wildman–Crippen MR) is 135 cm³/mol. The Bertz CT molecular complexity index is 957. The van der Waals surface area contributed by atoms with Crippen molar-refractivity contribution in [1.29, 1.82) is 10.5 Å². The van der Waals surface area contributed by atoms with Crippen molar-refractivity contribution in [2.45, 2.75) is 90.4 Å². The Balaban J connectivity index is 1.73. The molecule has 33 heavy (non-hydrogen) atoms. The van der Waals surface area contributed by atoms with Crippen molar-refractivity contribution in [3.8, 4) is 29.0 Å². The Hall–Kier alpha value is -2.78. The molecule has 1 aliphatic carbocycles. The lowest BCUT2D eigenvalue weighted by molar-refractivity contribution is 0.304. The van der Waals surface area contributed by atoms with Crippen LogP contribution in [0.3, 0.4) is 0 Å². The quantitative estimate of drug-likeness (QED) is 0.328. The minimum Gasteiger partial charge on any atom is -0.494 e. The molecule has 0 radical (unpaired) electrons. The third-order valence-electron chi connectivity index (χ3n) is 7.15. The molecule has 0 amide bonds. The van der Waals surface area contributed by atoms with Gasteiger partial charge in [-0.2, -0.15) is 10.5 Å². The molecule has 0 spiro atoms. The highest BCUT2D eigenvalue weighted by Crippen LogP contribution is 2.41. The molecular formula is C30H38N2O. The van der Waals surface area contributed by atoms with Crippen LogP contribution in [0.4, 0.5) is 0 Å². The summed E-state index contributed by atoms with van der Waals surface area (Å²) >= 11 is 0. The zero-order chi connectivity index (χ0) is 23.5. The van der Waals surface area contributed by atoms with Crippen LogP contribution in [0.1, 0.15) is 107 Å². The molecule has 1 fully saturated rings. The normalized spacial score (nSPS) is 17.8. The summed E-state index contributed by atoms with van der Waals surface area (Å²) in [6.45, 7) is 5.19. The lowest BCUT2D eigenvalue weighted by atomic mass is 9.75. The van der Waals surface area contributed by atoms with Gasteiger partial charge >= 0.3 is 0 Å². The van der Waals surface area contributed by atoms with Crippen LogP contribution in [0, 0.1) is 28.6 Å². The minimum absolute atomic E-state index is 0.391. The molecule has 3 rings (SSSR count). The van der Waals surface area contributed by atoms with E-state index in [4.69, 9.17) is 4.74 Å².